The topological polar surface area (TPSA) is 97.5 Å². The SMILES string of the molecule is Nc1c(C(=O)NCCCOCCO)sc2ncccc12. The summed E-state index contributed by atoms with van der Waals surface area (Å²) >= 11 is 1.29. The van der Waals surface area contributed by atoms with E-state index < -0.39 is 0 Å². The maximum atomic E-state index is 12.0. The Morgan fingerprint density at radius 2 is 2.35 bits per heavy atom. The van der Waals surface area contributed by atoms with Crippen LogP contribution in [0.3, 0.4) is 0 Å². The Bertz CT molecular complexity index is 585. The van der Waals surface area contributed by atoms with Gasteiger partial charge in [0.1, 0.15) is 9.71 Å². The first-order chi connectivity index (χ1) is 9.74. The van der Waals surface area contributed by atoms with Gasteiger partial charge < -0.3 is 20.9 Å². The summed E-state index contributed by atoms with van der Waals surface area (Å²) in [7, 11) is 0. The van der Waals surface area contributed by atoms with Crippen LogP contribution in [-0.2, 0) is 4.74 Å². The van der Waals surface area contributed by atoms with Gasteiger partial charge in [-0.2, -0.15) is 0 Å². The van der Waals surface area contributed by atoms with Gasteiger partial charge in [-0.3, -0.25) is 4.79 Å². The molecule has 0 aliphatic heterocycles. The van der Waals surface area contributed by atoms with Crippen molar-refractivity contribution in [2.45, 2.75) is 6.42 Å². The molecule has 0 aliphatic carbocycles. The molecule has 7 heteroatoms. The molecule has 0 saturated heterocycles. The highest BCUT2D eigenvalue weighted by molar-refractivity contribution is 7.21. The van der Waals surface area contributed by atoms with E-state index in [0.717, 1.165) is 10.2 Å². The predicted molar refractivity (Wildman–Crippen MR) is 78.9 cm³/mol. The van der Waals surface area contributed by atoms with Gasteiger partial charge in [0.05, 0.1) is 18.9 Å². The molecule has 0 aliphatic rings. The molecule has 2 aromatic rings. The molecule has 4 N–H and O–H groups in total. The van der Waals surface area contributed by atoms with Crippen LogP contribution in [0.15, 0.2) is 18.3 Å². The molecule has 0 aromatic carbocycles. The normalized spacial score (nSPS) is 10.8. The van der Waals surface area contributed by atoms with Crippen LogP contribution in [0.2, 0.25) is 0 Å². The van der Waals surface area contributed by atoms with Crippen molar-refractivity contribution in [2.24, 2.45) is 0 Å². The number of aliphatic hydroxyl groups is 1. The number of aromatic nitrogens is 1. The summed E-state index contributed by atoms with van der Waals surface area (Å²) in [6, 6.07) is 3.65. The number of amides is 1. The third kappa shape index (κ3) is 3.44. The Balaban J connectivity index is 1.89. The average molecular weight is 295 g/mol. The van der Waals surface area contributed by atoms with Crippen molar-refractivity contribution >= 4 is 33.1 Å². The van der Waals surface area contributed by atoms with Crippen LogP contribution >= 0.6 is 11.3 Å². The number of ether oxygens (including phenoxy) is 1. The van der Waals surface area contributed by atoms with E-state index in [1.165, 1.54) is 11.3 Å². The lowest BCUT2D eigenvalue weighted by Crippen LogP contribution is -2.25. The van der Waals surface area contributed by atoms with Crippen LogP contribution in [0.4, 0.5) is 5.69 Å². The van der Waals surface area contributed by atoms with Crippen LogP contribution in [-0.4, -0.2) is 42.4 Å². The molecule has 2 heterocycles. The zero-order valence-electron chi connectivity index (χ0n) is 11.0. The zero-order valence-corrected chi connectivity index (χ0v) is 11.8. The fraction of sp³-hybridized carbons (Fsp3) is 0.385. The molecule has 2 rings (SSSR count). The van der Waals surface area contributed by atoms with Crippen LogP contribution in [0.25, 0.3) is 10.2 Å². The van der Waals surface area contributed by atoms with E-state index >= 15 is 0 Å². The van der Waals surface area contributed by atoms with E-state index in [4.69, 9.17) is 15.6 Å². The smallest absolute Gasteiger partial charge is 0.263 e. The summed E-state index contributed by atoms with van der Waals surface area (Å²) in [4.78, 5) is 17.5. The summed E-state index contributed by atoms with van der Waals surface area (Å²) in [6.45, 7) is 1.34. The van der Waals surface area contributed by atoms with Crippen LogP contribution in [0.5, 0.6) is 0 Å². The third-order valence-electron chi connectivity index (χ3n) is 2.70. The third-order valence-corrected chi connectivity index (χ3v) is 3.83. The number of carbonyl (C=O) groups is 1. The van der Waals surface area contributed by atoms with Crippen molar-refractivity contribution < 1.29 is 14.6 Å². The minimum absolute atomic E-state index is 0.0116. The number of hydrogen-bond donors (Lipinski definition) is 3. The van der Waals surface area contributed by atoms with E-state index in [1.54, 1.807) is 12.3 Å². The molecule has 0 atom stereocenters. The van der Waals surface area contributed by atoms with Gasteiger partial charge in [-0.15, -0.1) is 11.3 Å². The van der Waals surface area contributed by atoms with E-state index in [1.807, 2.05) is 6.07 Å². The van der Waals surface area contributed by atoms with Gasteiger partial charge in [-0.1, -0.05) is 0 Å². The highest BCUT2D eigenvalue weighted by Gasteiger charge is 2.16. The van der Waals surface area contributed by atoms with Crippen molar-refractivity contribution in [1.29, 1.82) is 0 Å². The van der Waals surface area contributed by atoms with Crippen LogP contribution < -0.4 is 11.1 Å². The average Bonchev–Trinajstić information content (AvgIpc) is 2.80. The lowest BCUT2D eigenvalue weighted by Gasteiger charge is -2.04. The molecule has 6 nitrogen and oxygen atoms in total. The molecule has 2 aromatic heterocycles. The maximum Gasteiger partial charge on any atom is 0.263 e. The van der Waals surface area contributed by atoms with Gasteiger partial charge in [0.2, 0.25) is 0 Å². The zero-order chi connectivity index (χ0) is 14.4. The minimum Gasteiger partial charge on any atom is -0.397 e. The Morgan fingerprint density at radius 1 is 1.50 bits per heavy atom. The van der Waals surface area contributed by atoms with Gasteiger partial charge in [-0.05, 0) is 18.6 Å². The number of pyridine rings is 1. The Labute approximate surface area is 120 Å². The van der Waals surface area contributed by atoms with E-state index in [9.17, 15) is 4.79 Å². The molecule has 0 radical (unpaired) electrons. The lowest BCUT2D eigenvalue weighted by molar-refractivity contribution is 0.0869. The largest absolute Gasteiger partial charge is 0.397 e. The van der Waals surface area contributed by atoms with Gasteiger partial charge in [0, 0.05) is 24.7 Å². The van der Waals surface area contributed by atoms with Gasteiger partial charge in [0.25, 0.3) is 5.91 Å². The summed E-state index contributed by atoms with van der Waals surface area (Å²) in [5.41, 5.74) is 6.45. The number of nitrogens with one attached hydrogen (secondary N) is 1. The highest BCUT2D eigenvalue weighted by Crippen LogP contribution is 2.31. The fourth-order valence-corrected chi connectivity index (χ4v) is 2.72. The Morgan fingerprint density at radius 3 is 3.10 bits per heavy atom. The van der Waals surface area contributed by atoms with Crippen molar-refractivity contribution in [1.82, 2.24) is 10.3 Å². The number of nitrogens with zero attached hydrogens (tertiary/aromatic N) is 1. The predicted octanol–water partition coefficient (Wildman–Crippen LogP) is 1.01. The second kappa shape index (κ2) is 7.18. The summed E-state index contributed by atoms with van der Waals surface area (Å²) in [5, 5.41) is 12.2. The first kappa shape index (κ1) is 14.7. The second-order valence-corrected chi connectivity index (χ2v) is 5.15. The highest BCUT2D eigenvalue weighted by atomic mass is 32.1. The van der Waals surface area contributed by atoms with Crippen molar-refractivity contribution in [3.05, 3.63) is 23.2 Å². The molecular weight excluding hydrogens is 278 g/mol. The first-order valence-electron chi connectivity index (χ1n) is 6.34. The van der Waals surface area contributed by atoms with Crippen molar-refractivity contribution in [3.8, 4) is 0 Å². The molecule has 1 amide bonds. The summed E-state index contributed by atoms with van der Waals surface area (Å²) < 4.78 is 5.11. The number of rotatable bonds is 7. The molecule has 20 heavy (non-hydrogen) atoms. The molecule has 0 saturated carbocycles. The quantitative estimate of drug-likeness (QED) is 0.662. The van der Waals surface area contributed by atoms with E-state index in [2.05, 4.69) is 10.3 Å². The number of thiophene rings is 1. The van der Waals surface area contributed by atoms with E-state index in [0.29, 0.717) is 36.7 Å². The Hall–Kier alpha value is -1.70. The number of carbonyl (C=O) groups excluding carboxylic acids is 1. The fourth-order valence-electron chi connectivity index (χ4n) is 1.74. The van der Waals surface area contributed by atoms with Crippen molar-refractivity contribution in [3.63, 3.8) is 0 Å². The lowest BCUT2D eigenvalue weighted by atomic mass is 10.2. The maximum absolute atomic E-state index is 12.0. The number of anilines is 1. The van der Waals surface area contributed by atoms with E-state index in [-0.39, 0.29) is 12.5 Å². The monoisotopic (exact) mass is 295 g/mol. The number of nitrogens with two attached hydrogens (primary N) is 1. The molecule has 0 unspecified atom stereocenters. The van der Waals surface area contributed by atoms with Gasteiger partial charge in [0.15, 0.2) is 0 Å². The van der Waals surface area contributed by atoms with Gasteiger partial charge in [-0.25, -0.2) is 4.98 Å². The number of nitrogen functional groups attached to an aromatic ring is 1. The molecule has 0 spiro atoms. The Kier molecular flexibility index (Phi) is 5.28. The molecule has 0 bridgehead atoms. The number of fused-ring (bicyclic) bond motifs is 1. The van der Waals surface area contributed by atoms with Crippen LogP contribution in [0, 0.1) is 0 Å². The summed E-state index contributed by atoms with van der Waals surface area (Å²) in [5.74, 6) is -0.187. The van der Waals surface area contributed by atoms with Crippen molar-refractivity contribution in [2.75, 3.05) is 32.1 Å². The van der Waals surface area contributed by atoms with Gasteiger partial charge >= 0.3 is 0 Å². The molecule has 108 valence electrons. The minimum atomic E-state index is -0.187. The van der Waals surface area contributed by atoms with Crippen LogP contribution in [0.1, 0.15) is 16.1 Å². The number of hydrogen-bond acceptors (Lipinski definition) is 6. The second-order valence-electron chi connectivity index (χ2n) is 4.15. The molecule has 0 fully saturated rings. The molecular formula is C13H17N3O3S. The first-order valence-corrected chi connectivity index (χ1v) is 7.15. The standard InChI is InChI=1S/C13H17N3O3S/c14-10-9-3-1-4-16-13(9)20-11(10)12(18)15-5-2-7-19-8-6-17/h1,3-4,17H,2,5-8,14H2,(H,15,18). The summed E-state index contributed by atoms with van der Waals surface area (Å²) in [6.07, 6.45) is 2.37. The number of aliphatic hydroxyl groups excluding tert-OH is 1.